The average molecular weight is 458 g/mol. The normalized spacial score (nSPS) is 12.1. The summed E-state index contributed by atoms with van der Waals surface area (Å²) in [6, 6.07) is 17.8. The largest absolute Gasteiger partial charge is 0.338 e. The van der Waals surface area contributed by atoms with Crippen molar-refractivity contribution in [3.05, 3.63) is 82.1 Å². The van der Waals surface area contributed by atoms with Gasteiger partial charge in [0.05, 0.1) is 15.9 Å². The van der Waals surface area contributed by atoms with Crippen LogP contribution in [0.2, 0.25) is 10.0 Å². The zero-order valence-electron chi connectivity index (χ0n) is 15.9. The molecule has 0 fully saturated rings. The van der Waals surface area contributed by atoms with Crippen LogP contribution >= 0.6 is 23.2 Å². The Labute approximate surface area is 184 Å². The van der Waals surface area contributed by atoms with Crippen molar-refractivity contribution >= 4 is 56.4 Å². The zero-order valence-corrected chi connectivity index (χ0v) is 18.2. The van der Waals surface area contributed by atoms with Crippen LogP contribution in [0.4, 0.5) is 0 Å². The maximum Gasteiger partial charge on any atom is 0.240 e. The van der Waals surface area contributed by atoms with Crippen molar-refractivity contribution in [2.75, 3.05) is 7.05 Å². The number of hydrogen-bond acceptors (Lipinski definition) is 3. The van der Waals surface area contributed by atoms with Crippen molar-refractivity contribution < 1.29 is 8.42 Å². The van der Waals surface area contributed by atoms with Gasteiger partial charge in [-0.2, -0.15) is 0 Å². The molecule has 0 aliphatic carbocycles. The van der Waals surface area contributed by atoms with Crippen molar-refractivity contribution in [3.63, 3.8) is 0 Å². The van der Waals surface area contributed by atoms with E-state index in [1.54, 1.807) is 30.3 Å². The number of halogens is 2. The highest BCUT2D eigenvalue weighted by molar-refractivity contribution is 7.89. The summed E-state index contributed by atoms with van der Waals surface area (Å²) in [5, 5.41) is 1.13. The number of benzene rings is 3. The summed E-state index contributed by atoms with van der Waals surface area (Å²) in [6.07, 6.45) is 3.68. The fourth-order valence-electron chi connectivity index (χ4n) is 3.13. The first-order chi connectivity index (χ1) is 14.4. The van der Waals surface area contributed by atoms with Crippen molar-refractivity contribution in [1.29, 1.82) is 0 Å². The van der Waals surface area contributed by atoms with E-state index in [-0.39, 0.29) is 4.90 Å². The number of imidazole rings is 1. The number of hydrogen-bond donors (Lipinski definition) is 2. The molecule has 0 amide bonds. The van der Waals surface area contributed by atoms with Gasteiger partial charge in [-0.15, -0.1) is 0 Å². The molecule has 0 spiro atoms. The van der Waals surface area contributed by atoms with Gasteiger partial charge in [0.1, 0.15) is 5.82 Å². The third-order valence-electron chi connectivity index (χ3n) is 4.64. The summed E-state index contributed by atoms with van der Waals surface area (Å²) in [6.45, 7) is 0. The molecule has 0 aliphatic heterocycles. The standard InChI is InChI=1S/C22H17Cl2N3O2S/c1-25-30(28,29)21-5-3-2-4-17(21)15-7-10-19-20(12-15)27-22(26-19)11-8-14-6-9-16(23)13-18(14)24/h2-13,25H,1H3,(H,26,27)/b11-8+. The quantitative estimate of drug-likeness (QED) is 0.408. The van der Waals surface area contributed by atoms with E-state index in [2.05, 4.69) is 14.7 Å². The molecule has 8 heteroatoms. The first-order valence-electron chi connectivity index (χ1n) is 9.03. The van der Waals surface area contributed by atoms with Gasteiger partial charge >= 0.3 is 0 Å². The van der Waals surface area contributed by atoms with Gasteiger partial charge < -0.3 is 4.98 Å². The molecule has 5 nitrogen and oxygen atoms in total. The molecular weight excluding hydrogens is 441 g/mol. The Bertz CT molecular complexity index is 1380. The van der Waals surface area contributed by atoms with Gasteiger partial charge in [0.25, 0.3) is 0 Å². The molecule has 2 N–H and O–H groups in total. The van der Waals surface area contributed by atoms with E-state index < -0.39 is 10.0 Å². The van der Waals surface area contributed by atoms with Crippen molar-refractivity contribution in [3.8, 4) is 11.1 Å². The average Bonchev–Trinajstić information content (AvgIpc) is 3.15. The Morgan fingerprint density at radius 1 is 1.00 bits per heavy atom. The molecule has 4 rings (SSSR count). The number of rotatable bonds is 5. The summed E-state index contributed by atoms with van der Waals surface area (Å²) in [5.74, 6) is 0.657. The Hall–Kier alpha value is -2.64. The third kappa shape index (κ3) is 4.13. The second kappa shape index (κ2) is 8.24. The first kappa shape index (κ1) is 20.6. The molecule has 0 unspecified atom stereocenters. The predicted octanol–water partition coefficient (Wildman–Crippen LogP) is 5.62. The number of nitrogens with zero attached hydrogens (tertiary/aromatic N) is 1. The number of aromatic nitrogens is 2. The minimum absolute atomic E-state index is 0.222. The number of H-pyrrole nitrogens is 1. The lowest BCUT2D eigenvalue weighted by atomic mass is 10.1. The Morgan fingerprint density at radius 3 is 2.57 bits per heavy atom. The van der Waals surface area contributed by atoms with Crippen LogP contribution in [0.15, 0.2) is 65.6 Å². The molecule has 0 radical (unpaired) electrons. The minimum atomic E-state index is -3.58. The van der Waals surface area contributed by atoms with E-state index in [0.29, 0.717) is 21.4 Å². The van der Waals surface area contributed by atoms with Crippen LogP contribution in [0.1, 0.15) is 11.4 Å². The minimum Gasteiger partial charge on any atom is -0.338 e. The van der Waals surface area contributed by atoms with E-state index in [1.807, 2.05) is 42.5 Å². The molecule has 0 bridgehead atoms. The first-order valence-corrected chi connectivity index (χ1v) is 11.3. The molecule has 0 aliphatic rings. The molecule has 4 aromatic rings. The fraction of sp³-hybridized carbons (Fsp3) is 0.0455. The Morgan fingerprint density at radius 2 is 1.80 bits per heavy atom. The zero-order chi connectivity index (χ0) is 21.3. The number of nitrogens with one attached hydrogen (secondary N) is 2. The van der Waals surface area contributed by atoms with Crippen LogP contribution in [0.25, 0.3) is 34.3 Å². The summed E-state index contributed by atoms with van der Waals surface area (Å²) < 4.78 is 27.1. The topological polar surface area (TPSA) is 74.8 Å². The van der Waals surface area contributed by atoms with Gasteiger partial charge in [0.2, 0.25) is 10.0 Å². The molecule has 3 aromatic carbocycles. The lowest BCUT2D eigenvalue weighted by Crippen LogP contribution is -2.19. The second-order valence-electron chi connectivity index (χ2n) is 6.56. The molecule has 1 aromatic heterocycles. The van der Waals surface area contributed by atoms with Gasteiger partial charge in [-0.1, -0.05) is 53.5 Å². The van der Waals surface area contributed by atoms with Gasteiger partial charge in [-0.05, 0) is 60.7 Å². The SMILES string of the molecule is CNS(=O)(=O)c1ccccc1-c1ccc2[nH]c(/C=C/c3ccc(Cl)cc3Cl)nc2c1. The molecule has 30 heavy (non-hydrogen) atoms. The van der Waals surface area contributed by atoms with E-state index in [1.165, 1.54) is 7.05 Å². The van der Waals surface area contributed by atoms with Gasteiger partial charge in [-0.3, -0.25) is 0 Å². The Kier molecular flexibility index (Phi) is 5.66. The van der Waals surface area contributed by atoms with Crippen LogP contribution in [-0.2, 0) is 10.0 Å². The van der Waals surface area contributed by atoms with Crippen molar-refractivity contribution in [1.82, 2.24) is 14.7 Å². The van der Waals surface area contributed by atoms with Crippen LogP contribution < -0.4 is 4.72 Å². The highest BCUT2D eigenvalue weighted by Gasteiger charge is 2.17. The van der Waals surface area contributed by atoms with Crippen molar-refractivity contribution in [2.24, 2.45) is 0 Å². The van der Waals surface area contributed by atoms with Gasteiger partial charge in [0.15, 0.2) is 0 Å². The van der Waals surface area contributed by atoms with E-state index in [0.717, 1.165) is 22.2 Å². The third-order valence-corrected chi connectivity index (χ3v) is 6.68. The van der Waals surface area contributed by atoms with Gasteiger partial charge in [0, 0.05) is 15.6 Å². The summed E-state index contributed by atoms with van der Waals surface area (Å²) in [7, 11) is -2.19. The van der Waals surface area contributed by atoms with E-state index >= 15 is 0 Å². The van der Waals surface area contributed by atoms with Crippen LogP contribution in [0, 0.1) is 0 Å². The van der Waals surface area contributed by atoms with Crippen LogP contribution in [0.5, 0.6) is 0 Å². The summed E-state index contributed by atoms with van der Waals surface area (Å²) in [4.78, 5) is 8.05. The van der Waals surface area contributed by atoms with E-state index in [4.69, 9.17) is 23.2 Å². The molecule has 0 atom stereocenters. The highest BCUT2D eigenvalue weighted by atomic mass is 35.5. The fourth-order valence-corrected chi connectivity index (χ4v) is 4.55. The molecule has 152 valence electrons. The summed E-state index contributed by atoms with van der Waals surface area (Å²) in [5.41, 5.74) is 3.77. The molecule has 0 saturated heterocycles. The van der Waals surface area contributed by atoms with Crippen LogP contribution in [0.3, 0.4) is 0 Å². The highest BCUT2D eigenvalue weighted by Crippen LogP contribution is 2.29. The van der Waals surface area contributed by atoms with E-state index in [9.17, 15) is 8.42 Å². The maximum atomic E-state index is 12.4. The number of sulfonamides is 1. The smallest absolute Gasteiger partial charge is 0.240 e. The molecule has 1 heterocycles. The lowest BCUT2D eigenvalue weighted by molar-refractivity contribution is 0.588. The van der Waals surface area contributed by atoms with Gasteiger partial charge in [-0.25, -0.2) is 18.1 Å². The van der Waals surface area contributed by atoms with Crippen LogP contribution in [-0.4, -0.2) is 25.4 Å². The summed E-state index contributed by atoms with van der Waals surface area (Å²) >= 11 is 12.1. The van der Waals surface area contributed by atoms with Crippen molar-refractivity contribution in [2.45, 2.75) is 4.90 Å². The predicted molar refractivity (Wildman–Crippen MR) is 123 cm³/mol. The molecular formula is C22H17Cl2N3O2S. The Balaban J connectivity index is 1.71. The number of aromatic amines is 1. The second-order valence-corrected chi connectivity index (χ2v) is 9.26. The number of fused-ring (bicyclic) bond motifs is 1. The molecule has 0 saturated carbocycles. The monoisotopic (exact) mass is 457 g/mol. The maximum absolute atomic E-state index is 12.4. The lowest BCUT2D eigenvalue weighted by Gasteiger charge is -2.09.